The zero-order chi connectivity index (χ0) is 24.1. The lowest BCUT2D eigenvalue weighted by molar-refractivity contribution is -0.385. The van der Waals surface area contributed by atoms with Gasteiger partial charge in [0.2, 0.25) is 5.75 Å². The lowest BCUT2D eigenvalue weighted by Crippen LogP contribution is -2.45. The monoisotopic (exact) mass is 477 g/mol. The summed E-state index contributed by atoms with van der Waals surface area (Å²) in [7, 11) is 1.32. The van der Waals surface area contributed by atoms with Crippen molar-refractivity contribution < 1.29 is 33.5 Å². The summed E-state index contributed by atoms with van der Waals surface area (Å²) in [6.45, 7) is 1.33. The summed E-state index contributed by atoms with van der Waals surface area (Å²) in [5.74, 6) is -1.50. The molecule has 0 radical (unpaired) electrons. The minimum absolute atomic E-state index is 0.0342. The Morgan fingerprint density at radius 1 is 1.12 bits per heavy atom. The van der Waals surface area contributed by atoms with Crippen LogP contribution in [0.2, 0.25) is 5.02 Å². The maximum Gasteiger partial charge on any atom is 0.339 e. The molecule has 2 aromatic rings. The molecule has 3 rings (SSSR count). The highest BCUT2D eigenvalue weighted by Gasteiger charge is 2.26. The van der Waals surface area contributed by atoms with Crippen molar-refractivity contribution in [1.82, 2.24) is 10.6 Å². The van der Waals surface area contributed by atoms with E-state index in [1.165, 1.54) is 44.4 Å². The second kappa shape index (κ2) is 10.2. The van der Waals surface area contributed by atoms with Crippen LogP contribution >= 0.6 is 11.6 Å². The minimum atomic E-state index is -1.24. The number of carbonyl (C=O) groups is 3. The first-order valence-electron chi connectivity index (χ1n) is 9.80. The van der Waals surface area contributed by atoms with Crippen molar-refractivity contribution in [3.8, 4) is 17.2 Å². The van der Waals surface area contributed by atoms with E-state index in [1.54, 1.807) is 0 Å². The molecule has 12 heteroatoms. The number of urea groups is 1. The number of amides is 3. The molecule has 0 aliphatic heterocycles. The van der Waals surface area contributed by atoms with E-state index in [0.29, 0.717) is 0 Å². The molecule has 3 amide bonds. The third kappa shape index (κ3) is 6.32. The fraction of sp³-hybridized carbons (Fsp3) is 0.286. The van der Waals surface area contributed by atoms with Crippen LogP contribution in [0.15, 0.2) is 36.4 Å². The van der Waals surface area contributed by atoms with E-state index < -0.39 is 28.9 Å². The molecule has 174 valence electrons. The van der Waals surface area contributed by atoms with Crippen LogP contribution in [0.5, 0.6) is 17.2 Å². The molecule has 1 unspecified atom stereocenters. The molecular formula is C21H20ClN3O8. The summed E-state index contributed by atoms with van der Waals surface area (Å²) in [4.78, 5) is 46.8. The number of benzene rings is 2. The molecule has 1 aliphatic rings. The Hall–Kier alpha value is -3.86. The van der Waals surface area contributed by atoms with E-state index in [2.05, 4.69) is 10.6 Å². The van der Waals surface area contributed by atoms with E-state index in [-0.39, 0.29) is 39.6 Å². The Balaban J connectivity index is 1.68. The zero-order valence-corrected chi connectivity index (χ0v) is 18.4. The van der Waals surface area contributed by atoms with Crippen molar-refractivity contribution >= 4 is 35.2 Å². The molecule has 2 N–H and O–H groups in total. The summed E-state index contributed by atoms with van der Waals surface area (Å²) in [5.41, 5.74) is -0.314. The predicted molar refractivity (Wildman–Crippen MR) is 116 cm³/mol. The molecule has 0 heterocycles. The number of hydrogen-bond donors (Lipinski definition) is 2. The largest absolute Gasteiger partial charge is 0.493 e. The minimum Gasteiger partial charge on any atom is -0.493 e. The van der Waals surface area contributed by atoms with E-state index >= 15 is 0 Å². The average molecular weight is 478 g/mol. The van der Waals surface area contributed by atoms with Crippen LogP contribution in [0.25, 0.3) is 0 Å². The topological polar surface area (TPSA) is 146 Å². The summed E-state index contributed by atoms with van der Waals surface area (Å²) < 4.78 is 15.9. The third-order valence-electron chi connectivity index (χ3n) is 4.54. The van der Waals surface area contributed by atoms with Gasteiger partial charge in [-0.3, -0.25) is 20.2 Å². The van der Waals surface area contributed by atoms with Gasteiger partial charge in [0, 0.05) is 17.1 Å². The average Bonchev–Trinajstić information content (AvgIpc) is 3.58. The highest BCUT2D eigenvalue weighted by molar-refractivity contribution is 6.30. The molecule has 2 aromatic carbocycles. The molecule has 0 saturated heterocycles. The van der Waals surface area contributed by atoms with Gasteiger partial charge in [-0.2, -0.15) is 0 Å². The zero-order valence-electron chi connectivity index (χ0n) is 17.6. The molecule has 33 heavy (non-hydrogen) atoms. The van der Waals surface area contributed by atoms with Crippen molar-refractivity contribution in [2.45, 2.75) is 31.9 Å². The third-order valence-corrected chi connectivity index (χ3v) is 4.77. The van der Waals surface area contributed by atoms with Crippen LogP contribution in [0.1, 0.15) is 30.1 Å². The van der Waals surface area contributed by atoms with Crippen LogP contribution in [0, 0.1) is 10.1 Å². The number of ether oxygens (including phenoxy) is 3. The Kier molecular flexibility index (Phi) is 7.34. The van der Waals surface area contributed by atoms with E-state index in [9.17, 15) is 24.5 Å². The molecule has 1 saturated carbocycles. The van der Waals surface area contributed by atoms with Gasteiger partial charge in [0.15, 0.2) is 17.6 Å². The van der Waals surface area contributed by atoms with Gasteiger partial charge in [-0.15, -0.1) is 0 Å². The van der Waals surface area contributed by atoms with E-state index in [4.69, 9.17) is 25.8 Å². The van der Waals surface area contributed by atoms with Crippen molar-refractivity contribution in [1.29, 1.82) is 0 Å². The molecule has 1 fully saturated rings. The highest BCUT2D eigenvalue weighted by Crippen LogP contribution is 2.38. The lowest BCUT2D eigenvalue weighted by Gasteiger charge is -2.15. The molecular weight excluding hydrogens is 458 g/mol. The van der Waals surface area contributed by atoms with Gasteiger partial charge in [-0.05, 0) is 50.1 Å². The van der Waals surface area contributed by atoms with Crippen LogP contribution < -0.4 is 20.1 Å². The number of rotatable bonds is 8. The second-order valence-electron chi connectivity index (χ2n) is 7.12. The fourth-order valence-electron chi connectivity index (χ4n) is 2.66. The van der Waals surface area contributed by atoms with Crippen molar-refractivity contribution in [2.24, 2.45) is 0 Å². The summed E-state index contributed by atoms with van der Waals surface area (Å²) >= 11 is 5.81. The molecule has 0 spiro atoms. The predicted octanol–water partition coefficient (Wildman–Crippen LogP) is 3.58. The smallest absolute Gasteiger partial charge is 0.339 e. The van der Waals surface area contributed by atoms with Gasteiger partial charge in [-0.25, -0.2) is 9.59 Å². The number of halogens is 1. The fourth-order valence-corrected chi connectivity index (χ4v) is 2.83. The number of nitro benzene ring substituents is 1. The SMILES string of the molecule is COc1cc(C(=O)OC(C)C(=O)NC(=O)NC2CC2)ccc1Oc1ccc(Cl)cc1[N+](=O)[O-]. The molecule has 0 bridgehead atoms. The normalized spacial score (nSPS) is 13.4. The number of carbonyl (C=O) groups excluding carboxylic acids is 3. The molecule has 1 aliphatic carbocycles. The quantitative estimate of drug-likeness (QED) is 0.333. The molecule has 11 nitrogen and oxygen atoms in total. The summed E-state index contributed by atoms with van der Waals surface area (Å²) in [5, 5.41) is 16.1. The molecule has 0 aromatic heterocycles. The maximum atomic E-state index is 12.4. The molecule has 1 atom stereocenters. The van der Waals surface area contributed by atoms with Crippen molar-refractivity contribution in [3.05, 3.63) is 57.1 Å². The van der Waals surface area contributed by atoms with Crippen LogP contribution in [0.3, 0.4) is 0 Å². The second-order valence-corrected chi connectivity index (χ2v) is 7.56. The summed E-state index contributed by atoms with van der Waals surface area (Å²) in [6.07, 6.45) is 0.485. The van der Waals surface area contributed by atoms with Crippen LogP contribution in [0.4, 0.5) is 10.5 Å². The maximum absolute atomic E-state index is 12.4. The first kappa shape index (κ1) is 23.8. The van der Waals surface area contributed by atoms with Gasteiger partial charge in [0.1, 0.15) is 0 Å². The van der Waals surface area contributed by atoms with E-state index in [0.717, 1.165) is 18.9 Å². The van der Waals surface area contributed by atoms with Crippen molar-refractivity contribution in [2.75, 3.05) is 7.11 Å². The Morgan fingerprint density at radius 3 is 2.45 bits per heavy atom. The number of methoxy groups -OCH3 is 1. The van der Waals surface area contributed by atoms with Gasteiger partial charge in [-0.1, -0.05) is 11.6 Å². The van der Waals surface area contributed by atoms with Gasteiger partial charge in [0.05, 0.1) is 17.6 Å². The number of esters is 1. The number of nitrogens with zero attached hydrogens (tertiary/aromatic N) is 1. The first-order valence-corrected chi connectivity index (χ1v) is 10.2. The summed E-state index contributed by atoms with van der Waals surface area (Å²) in [6, 6.07) is 7.33. The lowest BCUT2D eigenvalue weighted by atomic mass is 10.2. The van der Waals surface area contributed by atoms with Crippen molar-refractivity contribution in [3.63, 3.8) is 0 Å². The Labute approximate surface area is 193 Å². The van der Waals surface area contributed by atoms with E-state index in [1.807, 2.05) is 0 Å². The van der Waals surface area contributed by atoms with Gasteiger partial charge >= 0.3 is 17.7 Å². The number of nitrogens with one attached hydrogen (secondary N) is 2. The van der Waals surface area contributed by atoms with Crippen LogP contribution in [-0.2, 0) is 9.53 Å². The number of nitro groups is 1. The first-order chi connectivity index (χ1) is 15.7. The number of imide groups is 1. The Morgan fingerprint density at radius 2 is 1.82 bits per heavy atom. The number of hydrogen-bond acceptors (Lipinski definition) is 8. The Bertz CT molecular complexity index is 1100. The van der Waals surface area contributed by atoms with Gasteiger partial charge in [0.25, 0.3) is 5.91 Å². The standard InChI is InChI=1S/C21H20ClN3O8/c1-11(19(26)24-21(28)23-14-5-6-14)32-20(27)12-3-7-17(18(9-12)31-2)33-16-8-4-13(22)10-15(16)25(29)30/h3-4,7-11,14H,5-6H2,1-2H3,(H2,23,24,26,28). The highest BCUT2D eigenvalue weighted by atomic mass is 35.5. The van der Waals surface area contributed by atoms with Gasteiger partial charge < -0.3 is 19.5 Å². The van der Waals surface area contributed by atoms with Crippen LogP contribution in [-0.4, -0.2) is 42.1 Å².